The van der Waals surface area contributed by atoms with E-state index in [-0.39, 0.29) is 18.5 Å². The molecule has 1 heterocycles. The Balaban J connectivity index is 2.19. The van der Waals surface area contributed by atoms with Crippen LogP contribution < -0.4 is 0 Å². The zero-order valence-corrected chi connectivity index (χ0v) is 11.2. The van der Waals surface area contributed by atoms with Crippen LogP contribution in [0.1, 0.15) is 48.2 Å². The summed E-state index contributed by atoms with van der Waals surface area (Å²) in [6.07, 6.45) is 6.84. The number of nitrogens with one attached hydrogen (secondary N) is 1. The summed E-state index contributed by atoms with van der Waals surface area (Å²) in [4.78, 5) is 28.0. The number of hydrogen-bond acceptors (Lipinski definition) is 2. The Kier molecular flexibility index (Phi) is 4.24. The molecule has 2 rings (SSSR count). The first kappa shape index (κ1) is 13.6. The van der Waals surface area contributed by atoms with Gasteiger partial charge in [-0.2, -0.15) is 0 Å². The molecule has 0 bridgehead atoms. The minimum atomic E-state index is -0.952. The second-order valence-corrected chi connectivity index (χ2v) is 5.13. The second kappa shape index (κ2) is 5.91. The van der Waals surface area contributed by atoms with E-state index in [1.54, 1.807) is 12.3 Å². The Morgan fingerprint density at radius 3 is 2.58 bits per heavy atom. The maximum atomic E-state index is 12.5. The molecule has 1 aromatic heterocycles. The Bertz CT molecular complexity index is 461. The maximum absolute atomic E-state index is 12.5. The van der Waals surface area contributed by atoms with Gasteiger partial charge in [0.05, 0.1) is 5.56 Å². The fourth-order valence-electron chi connectivity index (χ4n) is 2.74. The van der Waals surface area contributed by atoms with E-state index < -0.39 is 5.97 Å². The first-order valence-electron chi connectivity index (χ1n) is 6.76. The van der Waals surface area contributed by atoms with E-state index in [1.807, 2.05) is 6.92 Å². The fraction of sp³-hybridized carbons (Fsp3) is 0.571. The Morgan fingerprint density at radius 2 is 2.05 bits per heavy atom. The van der Waals surface area contributed by atoms with Crippen molar-refractivity contribution < 1.29 is 14.7 Å². The van der Waals surface area contributed by atoms with Gasteiger partial charge in [-0.25, -0.2) is 0 Å². The van der Waals surface area contributed by atoms with Crippen LogP contribution in [-0.4, -0.2) is 39.5 Å². The lowest BCUT2D eigenvalue weighted by molar-refractivity contribution is -0.138. The minimum absolute atomic E-state index is 0.0617. The highest BCUT2D eigenvalue weighted by molar-refractivity contribution is 5.97. The fourth-order valence-corrected chi connectivity index (χ4v) is 2.74. The summed E-state index contributed by atoms with van der Waals surface area (Å²) in [5, 5.41) is 9.03. The van der Waals surface area contributed by atoms with Crippen LogP contribution in [0.3, 0.4) is 0 Å². The number of carboxylic acid groups (broad SMARTS) is 1. The molecule has 1 aliphatic rings. The number of H-pyrrole nitrogens is 1. The molecule has 0 aromatic carbocycles. The molecule has 5 heteroatoms. The molecule has 1 aromatic rings. The normalized spacial score (nSPS) is 16.3. The van der Waals surface area contributed by atoms with Crippen molar-refractivity contribution in [2.24, 2.45) is 0 Å². The Morgan fingerprint density at radius 1 is 1.37 bits per heavy atom. The lowest BCUT2D eigenvalue weighted by Crippen LogP contribution is -2.44. The topological polar surface area (TPSA) is 73.4 Å². The van der Waals surface area contributed by atoms with Gasteiger partial charge in [-0.3, -0.25) is 9.59 Å². The van der Waals surface area contributed by atoms with Crippen LogP contribution in [0.2, 0.25) is 0 Å². The number of carbonyl (C=O) groups is 2. The highest BCUT2D eigenvalue weighted by atomic mass is 16.4. The monoisotopic (exact) mass is 264 g/mol. The summed E-state index contributed by atoms with van der Waals surface area (Å²) in [6, 6.07) is 1.78. The van der Waals surface area contributed by atoms with Crippen molar-refractivity contribution in [2.75, 3.05) is 6.54 Å². The number of hydrogen-bond donors (Lipinski definition) is 2. The van der Waals surface area contributed by atoms with Crippen molar-refractivity contribution in [3.05, 3.63) is 23.5 Å². The number of aryl methyl sites for hydroxylation is 1. The van der Waals surface area contributed by atoms with Gasteiger partial charge in [0.15, 0.2) is 0 Å². The van der Waals surface area contributed by atoms with Crippen LogP contribution in [-0.2, 0) is 4.79 Å². The summed E-state index contributed by atoms with van der Waals surface area (Å²) in [5.74, 6) is -1.12. The number of amides is 1. The van der Waals surface area contributed by atoms with E-state index >= 15 is 0 Å². The van der Waals surface area contributed by atoms with Gasteiger partial charge in [0.25, 0.3) is 5.91 Å². The average molecular weight is 264 g/mol. The van der Waals surface area contributed by atoms with Crippen molar-refractivity contribution >= 4 is 11.9 Å². The quantitative estimate of drug-likeness (QED) is 0.875. The highest BCUT2D eigenvalue weighted by Gasteiger charge is 2.28. The van der Waals surface area contributed by atoms with Gasteiger partial charge in [-0.1, -0.05) is 19.3 Å². The number of nitrogens with zero attached hydrogens (tertiary/aromatic N) is 1. The Hall–Kier alpha value is -1.78. The van der Waals surface area contributed by atoms with Crippen molar-refractivity contribution in [1.29, 1.82) is 0 Å². The molecule has 0 aliphatic heterocycles. The van der Waals surface area contributed by atoms with E-state index in [2.05, 4.69) is 4.98 Å². The second-order valence-electron chi connectivity index (χ2n) is 5.13. The number of carboxylic acids is 1. The van der Waals surface area contributed by atoms with Crippen LogP contribution in [0.15, 0.2) is 12.3 Å². The molecule has 1 aliphatic carbocycles. The smallest absolute Gasteiger partial charge is 0.323 e. The van der Waals surface area contributed by atoms with Crippen molar-refractivity contribution in [1.82, 2.24) is 9.88 Å². The van der Waals surface area contributed by atoms with Gasteiger partial charge in [0.2, 0.25) is 0 Å². The molecular weight excluding hydrogens is 244 g/mol. The van der Waals surface area contributed by atoms with E-state index in [1.165, 1.54) is 11.3 Å². The molecule has 0 saturated heterocycles. The minimum Gasteiger partial charge on any atom is -0.480 e. The lowest BCUT2D eigenvalue weighted by Gasteiger charge is -2.33. The number of aromatic amines is 1. The first-order valence-corrected chi connectivity index (χ1v) is 6.76. The first-order chi connectivity index (χ1) is 9.09. The summed E-state index contributed by atoms with van der Waals surface area (Å²) >= 11 is 0. The van der Waals surface area contributed by atoms with Crippen LogP contribution in [0.4, 0.5) is 0 Å². The van der Waals surface area contributed by atoms with Gasteiger partial charge in [0.1, 0.15) is 6.54 Å². The third-order valence-corrected chi connectivity index (χ3v) is 3.77. The molecule has 0 radical (unpaired) electrons. The Labute approximate surface area is 112 Å². The molecule has 19 heavy (non-hydrogen) atoms. The number of carbonyl (C=O) groups excluding carboxylic acids is 1. The van der Waals surface area contributed by atoms with Gasteiger partial charge in [-0.15, -0.1) is 0 Å². The summed E-state index contributed by atoms with van der Waals surface area (Å²) in [5.41, 5.74) is 1.36. The number of aliphatic carboxylic acids is 1. The summed E-state index contributed by atoms with van der Waals surface area (Å²) in [7, 11) is 0. The van der Waals surface area contributed by atoms with E-state index in [4.69, 9.17) is 5.11 Å². The molecule has 5 nitrogen and oxygen atoms in total. The van der Waals surface area contributed by atoms with Crippen LogP contribution in [0.25, 0.3) is 0 Å². The number of rotatable bonds is 4. The van der Waals surface area contributed by atoms with Gasteiger partial charge in [-0.05, 0) is 25.8 Å². The van der Waals surface area contributed by atoms with Crippen molar-refractivity contribution in [3.63, 3.8) is 0 Å². The van der Waals surface area contributed by atoms with E-state index in [0.717, 1.165) is 31.4 Å². The van der Waals surface area contributed by atoms with Crippen molar-refractivity contribution in [3.8, 4) is 0 Å². The molecule has 0 unspecified atom stereocenters. The van der Waals surface area contributed by atoms with E-state index in [0.29, 0.717) is 5.56 Å². The molecular formula is C14H20N2O3. The van der Waals surface area contributed by atoms with Crippen LogP contribution >= 0.6 is 0 Å². The third-order valence-electron chi connectivity index (χ3n) is 3.77. The molecule has 0 atom stereocenters. The molecule has 0 spiro atoms. The van der Waals surface area contributed by atoms with Crippen LogP contribution in [0.5, 0.6) is 0 Å². The van der Waals surface area contributed by atoms with Gasteiger partial charge >= 0.3 is 5.97 Å². The standard InChI is InChI=1S/C14H20N2O3/c1-10-12(7-8-15-10)14(19)16(9-13(17)18)11-5-3-2-4-6-11/h7-8,11,15H,2-6,9H2,1H3,(H,17,18). The lowest BCUT2D eigenvalue weighted by atomic mass is 9.93. The largest absolute Gasteiger partial charge is 0.480 e. The average Bonchev–Trinajstić information content (AvgIpc) is 2.82. The molecule has 2 N–H and O–H groups in total. The SMILES string of the molecule is Cc1[nH]ccc1C(=O)N(CC(=O)O)C1CCCCC1. The zero-order chi connectivity index (χ0) is 13.8. The highest BCUT2D eigenvalue weighted by Crippen LogP contribution is 2.24. The van der Waals surface area contributed by atoms with E-state index in [9.17, 15) is 9.59 Å². The molecule has 1 fully saturated rings. The van der Waals surface area contributed by atoms with Crippen LogP contribution in [0, 0.1) is 6.92 Å². The van der Waals surface area contributed by atoms with Crippen molar-refractivity contribution in [2.45, 2.75) is 45.1 Å². The zero-order valence-electron chi connectivity index (χ0n) is 11.2. The summed E-state index contributed by atoms with van der Waals surface area (Å²) in [6.45, 7) is 1.61. The van der Waals surface area contributed by atoms with Gasteiger partial charge < -0.3 is 15.0 Å². The molecule has 1 amide bonds. The predicted octanol–water partition coefficient (Wildman–Crippen LogP) is 2.18. The predicted molar refractivity (Wildman–Crippen MR) is 71.1 cm³/mol. The molecule has 104 valence electrons. The third kappa shape index (κ3) is 3.16. The maximum Gasteiger partial charge on any atom is 0.323 e. The summed E-state index contributed by atoms with van der Waals surface area (Å²) < 4.78 is 0. The number of aromatic nitrogens is 1. The molecule has 1 saturated carbocycles. The van der Waals surface area contributed by atoms with Gasteiger partial charge in [0, 0.05) is 17.9 Å².